The number of nitrogens with zero attached hydrogens (tertiary/aromatic N) is 3. The Morgan fingerprint density at radius 1 is 0.293 bits per heavy atom. The van der Waals surface area contributed by atoms with Crippen molar-refractivity contribution in [2.45, 2.75) is 37.1 Å². The number of aromatic nitrogens is 2. The third-order valence-electron chi connectivity index (χ3n) is 14.0. The molecule has 21 heteroatoms. The van der Waals surface area contributed by atoms with Gasteiger partial charge in [-0.2, -0.15) is 84.3 Å². The fraction of sp³-hybridized carbons (Fsp3) is 0.0984. The molecule has 82 heavy (non-hydrogen) atoms. The van der Waals surface area contributed by atoms with Gasteiger partial charge in [0, 0.05) is 38.2 Å². The van der Waals surface area contributed by atoms with Gasteiger partial charge in [-0.1, -0.05) is 66.7 Å². The van der Waals surface area contributed by atoms with E-state index in [4.69, 9.17) is 0 Å². The van der Waals surface area contributed by atoms with Crippen molar-refractivity contribution in [1.29, 1.82) is 5.26 Å². The summed E-state index contributed by atoms with van der Waals surface area (Å²) >= 11 is 0. The summed E-state index contributed by atoms with van der Waals surface area (Å²) < 4.78 is 262. The van der Waals surface area contributed by atoms with E-state index >= 15 is 0 Å². The summed E-state index contributed by atoms with van der Waals surface area (Å²) in [4.78, 5) is 0. The van der Waals surface area contributed by atoms with Crippen LogP contribution < -0.4 is 0 Å². The van der Waals surface area contributed by atoms with E-state index in [0.717, 1.165) is 12.1 Å². The van der Waals surface area contributed by atoms with Crippen LogP contribution in [0.4, 0.5) is 79.0 Å². The number of para-hydroxylation sites is 2. The van der Waals surface area contributed by atoms with E-state index in [-0.39, 0.29) is 84.0 Å². The monoisotopic (exact) mass is 1150 g/mol. The van der Waals surface area contributed by atoms with Crippen LogP contribution >= 0.6 is 0 Å². The van der Waals surface area contributed by atoms with Crippen molar-refractivity contribution < 1.29 is 79.0 Å². The second-order valence-electron chi connectivity index (χ2n) is 19.1. The standard InChI is InChI=1S/C61H29F18N3/c62-56(63,64)37-21-35(22-38(28-37)57(65,66)67)32-14-18-52-45(25-32)41-6-1-3-10-49(41)81(52)51-17-12-31(30-80)20-44(51)43-16-13-34(55-47(60(74,75)76)8-5-9-48(55)61(77,78)79)27-54(43)82-50-11-4-2-7-42(50)46-26-33(15-19-53(46)82)36-23-39(58(68,69)70)29-40(24-36)59(71,72)73/h1-29H. The maximum absolute atomic E-state index is 15.0. The SMILES string of the molecule is N#Cc1ccc(-n2c3ccccc3c3cc(-c4cc(C(F)(F)F)cc(C(F)(F)F)c4)ccc32)c(-c2ccc(-c3c(C(F)(F)F)cccc3C(F)(F)F)cc2-n2c3ccccc3c3cc(-c4cc(C(F)(F)F)cc(C(F)(F)F)c4)ccc32)c1. The van der Waals surface area contributed by atoms with E-state index in [1.807, 2.05) is 6.07 Å². The average Bonchev–Trinajstić information content (AvgIpc) is 3.20. The predicted octanol–water partition coefficient (Wildman–Crippen LogP) is 20.5. The predicted molar refractivity (Wildman–Crippen MR) is 272 cm³/mol. The normalized spacial score (nSPS) is 13.0. The number of rotatable bonds is 6. The highest BCUT2D eigenvalue weighted by atomic mass is 19.4. The topological polar surface area (TPSA) is 33.6 Å². The Morgan fingerprint density at radius 2 is 0.695 bits per heavy atom. The van der Waals surface area contributed by atoms with Crippen molar-refractivity contribution >= 4 is 43.6 Å². The minimum absolute atomic E-state index is 0.0134. The van der Waals surface area contributed by atoms with Gasteiger partial charge in [-0.15, -0.1) is 0 Å². The molecule has 0 saturated carbocycles. The number of halogens is 18. The molecule has 2 heterocycles. The molecule has 0 amide bonds. The largest absolute Gasteiger partial charge is 0.417 e. The average molecular weight is 1150 g/mol. The molecule has 0 atom stereocenters. The molecule has 3 nitrogen and oxygen atoms in total. The molecule has 414 valence electrons. The van der Waals surface area contributed by atoms with Crippen LogP contribution in [0.3, 0.4) is 0 Å². The highest BCUT2D eigenvalue weighted by Gasteiger charge is 2.42. The molecule has 0 unspecified atom stereocenters. The molecular formula is C61H29F18N3. The minimum atomic E-state index is -5.37. The van der Waals surface area contributed by atoms with E-state index in [1.54, 1.807) is 28.8 Å². The van der Waals surface area contributed by atoms with Crippen LogP contribution in [0.1, 0.15) is 38.9 Å². The molecule has 11 rings (SSSR count). The lowest BCUT2D eigenvalue weighted by molar-refractivity contribution is -0.144. The van der Waals surface area contributed by atoms with Crippen LogP contribution in [0.2, 0.25) is 0 Å². The summed E-state index contributed by atoms with van der Waals surface area (Å²) in [6.07, 6.45) is -31.6. The number of nitriles is 1. The Labute approximate surface area is 449 Å². The van der Waals surface area contributed by atoms with Gasteiger partial charge in [0.15, 0.2) is 0 Å². The van der Waals surface area contributed by atoms with Crippen LogP contribution in [0.25, 0.3) is 99.5 Å². The van der Waals surface area contributed by atoms with Crippen molar-refractivity contribution in [3.63, 3.8) is 0 Å². The van der Waals surface area contributed by atoms with Gasteiger partial charge in [0.25, 0.3) is 0 Å². The highest BCUT2D eigenvalue weighted by molar-refractivity contribution is 6.13. The maximum Gasteiger partial charge on any atom is 0.417 e. The summed E-state index contributed by atoms with van der Waals surface area (Å²) in [5, 5.41) is 11.5. The lowest BCUT2D eigenvalue weighted by Crippen LogP contribution is -2.14. The summed E-state index contributed by atoms with van der Waals surface area (Å²) in [5.74, 6) is 0. The zero-order valence-electron chi connectivity index (χ0n) is 40.9. The van der Waals surface area contributed by atoms with Crippen LogP contribution in [0.5, 0.6) is 0 Å². The first-order valence-corrected chi connectivity index (χ1v) is 24.0. The van der Waals surface area contributed by atoms with Gasteiger partial charge in [0.2, 0.25) is 0 Å². The number of hydrogen-bond donors (Lipinski definition) is 0. The first-order chi connectivity index (χ1) is 38.4. The second-order valence-corrected chi connectivity index (χ2v) is 19.1. The molecule has 0 aliphatic rings. The summed E-state index contributed by atoms with van der Waals surface area (Å²) in [6.45, 7) is 0. The van der Waals surface area contributed by atoms with Gasteiger partial charge in [-0.3, -0.25) is 0 Å². The van der Waals surface area contributed by atoms with E-state index in [9.17, 15) is 84.3 Å². The number of alkyl halides is 18. The Morgan fingerprint density at radius 3 is 1.11 bits per heavy atom. The fourth-order valence-electron chi connectivity index (χ4n) is 10.5. The lowest BCUT2D eigenvalue weighted by atomic mass is 9.90. The van der Waals surface area contributed by atoms with Crippen LogP contribution in [0, 0.1) is 11.3 Å². The van der Waals surface area contributed by atoms with E-state index in [1.165, 1.54) is 89.5 Å². The highest BCUT2D eigenvalue weighted by Crippen LogP contribution is 2.49. The molecule has 0 saturated heterocycles. The van der Waals surface area contributed by atoms with Gasteiger partial charge in [-0.25, -0.2) is 0 Å². The van der Waals surface area contributed by atoms with Crippen LogP contribution in [-0.4, -0.2) is 9.13 Å². The van der Waals surface area contributed by atoms with Crippen molar-refractivity contribution in [1.82, 2.24) is 9.13 Å². The molecule has 0 bridgehead atoms. The first-order valence-electron chi connectivity index (χ1n) is 24.0. The molecule has 11 aromatic rings. The number of fused-ring (bicyclic) bond motifs is 6. The van der Waals surface area contributed by atoms with Gasteiger partial charge in [0.1, 0.15) is 0 Å². The fourth-order valence-corrected chi connectivity index (χ4v) is 10.5. The molecule has 2 aromatic heterocycles. The summed E-state index contributed by atoms with van der Waals surface area (Å²) in [6, 6.07) is 33.5. The molecule has 0 aliphatic carbocycles. The quantitative estimate of drug-likeness (QED) is 0.153. The Kier molecular flexibility index (Phi) is 12.7. The minimum Gasteiger partial charge on any atom is -0.309 e. The summed E-state index contributed by atoms with van der Waals surface area (Å²) in [5.41, 5.74) is -11.8. The van der Waals surface area contributed by atoms with Crippen molar-refractivity contribution in [3.05, 3.63) is 215 Å². The van der Waals surface area contributed by atoms with Crippen LogP contribution in [0.15, 0.2) is 176 Å². The second kappa shape index (κ2) is 19.0. The number of hydrogen-bond acceptors (Lipinski definition) is 1. The van der Waals surface area contributed by atoms with Crippen LogP contribution in [-0.2, 0) is 37.1 Å². The third-order valence-corrected chi connectivity index (χ3v) is 14.0. The van der Waals surface area contributed by atoms with Crippen molar-refractivity contribution in [3.8, 4) is 62.0 Å². The Bertz CT molecular complexity index is 4340. The molecule has 0 N–H and O–H groups in total. The molecule has 9 aromatic carbocycles. The molecular weight excluding hydrogens is 1120 g/mol. The zero-order valence-corrected chi connectivity index (χ0v) is 40.9. The maximum atomic E-state index is 15.0. The first kappa shape index (κ1) is 54.8. The molecule has 0 aliphatic heterocycles. The van der Waals surface area contributed by atoms with E-state index < -0.39 is 92.7 Å². The van der Waals surface area contributed by atoms with Gasteiger partial charge < -0.3 is 9.13 Å². The smallest absolute Gasteiger partial charge is 0.309 e. The van der Waals surface area contributed by atoms with Crippen molar-refractivity contribution in [2.75, 3.05) is 0 Å². The Hall–Kier alpha value is -9.19. The van der Waals surface area contributed by atoms with Gasteiger partial charge in [-0.05, 0) is 137 Å². The molecule has 0 fully saturated rings. The van der Waals surface area contributed by atoms with Gasteiger partial charge >= 0.3 is 37.1 Å². The van der Waals surface area contributed by atoms with E-state index in [0.29, 0.717) is 53.4 Å². The van der Waals surface area contributed by atoms with Gasteiger partial charge in [0.05, 0.1) is 78.5 Å². The zero-order chi connectivity index (χ0) is 58.8. The molecule has 0 spiro atoms. The third kappa shape index (κ3) is 9.68. The molecule has 0 radical (unpaired) electrons. The van der Waals surface area contributed by atoms with Crippen molar-refractivity contribution in [2.24, 2.45) is 0 Å². The van der Waals surface area contributed by atoms with E-state index in [2.05, 4.69) is 0 Å². The lowest BCUT2D eigenvalue weighted by Gasteiger charge is -2.22. The summed E-state index contributed by atoms with van der Waals surface area (Å²) in [7, 11) is 0. The number of benzene rings is 9. The Balaban J connectivity index is 1.22.